The molecule has 4 aromatic rings. The molecule has 9 N–H and O–H groups in total. The van der Waals surface area contributed by atoms with Crippen molar-refractivity contribution in [3.63, 3.8) is 0 Å². The van der Waals surface area contributed by atoms with Gasteiger partial charge in [-0.2, -0.15) is 4.98 Å². The number of aliphatic hydroxyl groups excluding tert-OH is 2. The van der Waals surface area contributed by atoms with Gasteiger partial charge in [-0.1, -0.05) is 0 Å². The third kappa shape index (κ3) is 5.51. The summed E-state index contributed by atoms with van der Waals surface area (Å²) < 4.78 is 32.7. The highest BCUT2D eigenvalue weighted by molar-refractivity contribution is 8.07. The molecule has 0 amide bonds. The van der Waals surface area contributed by atoms with Gasteiger partial charge in [-0.05, 0) is 37.5 Å². The Morgan fingerprint density at radius 3 is 2.53 bits per heavy atom. The summed E-state index contributed by atoms with van der Waals surface area (Å²) in [6, 6.07) is 0. The van der Waals surface area contributed by atoms with Crippen LogP contribution in [0.2, 0.25) is 0 Å². The minimum atomic E-state index is -4.23. The zero-order valence-corrected chi connectivity index (χ0v) is 28.5. The molecule has 3 aliphatic rings. The summed E-state index contributed by atoms with van der Waals surface area (Å²) in [6.07, 6.45) is -1.60. The van der Waals surface area contributed by atoms with E-state index in [9.17, 15) is 24.8 Å². The van der Waals surface area contributed by atoms with E-state index in [1.165, 1.54) is 42.0 Å². The van der Waals surface area contributed by atoms with Crippen LogP contribution in [0.5, 0.6) is 0 Å². The van der Waals surface area contributed by atoms with Crippen LogP contribution in [-0.2, 0) is 46.4 Å². The number of aromatic amines is 1. The molecule has 254 valence electrons. The number of ether oxygens (including phenoxy) is 1. The topological polar surface area (TPSA) is 286 Å². The maximum Gasteiger partial charge on any atom is 0.325 e. The van der Waals surface area contributed by atoms with Gasteiger partial charge in [0, 0.05) is 0 Å². The summed E-state index contributed by atoms with van der Waals surface area (Å²) in [4.78, 5) is 58.1. The van der Waals surface area contributed by atoms with Crippen molar-refractivity contribution in [2.24, 2.45) is 0 Å². The quantitative estimate of drug-likeness (QED) is 0.126. The minimum Gasteiger partial charge on any atom is -0.389 e. The van der Waals surface area contributed by atoms with Gasteiger partial charge < -0.3 is 45.3 Å². The average Bonchev–Trinajstić information content (AvgIpc) is 3.72. The zero-order valence-electron chi connectivity index (χ0n) is 24.3. The smallest absolute Gasteiger partial charge is 0.325 e. The van der Waals surface area contributed by atoms with E-state index in [4.69, 9.17) is 57.9 Å². The number of nitrogen functional groups attached to an aromatic ring is 2. The molecule has 10 atom stereocenters. The van der Waals surface area contributed by atoms with Crippen molar-refractivity contribution >= 4 is 82.9 Å². The fourth-order valence-electron chi connectivity index (χ4n) is 5.77. The third-order valence-electron chi connectivity index (χ3n) is 8.43. The third-order valence-corrected chi connectivity index (χ3v) is 13.1. The van der Waals surface area contributed by atoms with Crippen molar-refractivity contribution in [2.75, 3.05) is 24.7 Å². The van der Waals surface area contributed by atoms with Crippen LogP contribution in [0, 0.1) is 0 Å². The lowest BCUT2D eigenvalue weighted by atomic mass is 9.84. The van der Waals surface area contributed by atoms with Gasteiger partial charge in [0.15, 0.2) is 28.9 Å². The Balaban J connectivity index is 1.26. The summed E-state index contributed by atoms with van der Waals surface area (Å²) in [7, 11) is 0. The highest BCUT2D eigenvalue weighted by Crippen LogP contribution is 2.61. The van der Waals surface area contributed by atoms with E-state index in [0.717, 1.165) is 11.8 Å². The summed E-state index contributed by atoms with van der Waals surface area (Å²) in [6.45, 7) is -6.46. The van der Waals surface area contributed by atoms with Crippen molar-refractivity contribution in [1.29, 1.82) is 0 Å². The number of anilines is 2. The van der Waals surface area contributed by atoms with Crippen LogP contribution in [0.3, 0.4) is 0 Å². The number of imidazole rings is 2. The summed E-state index contributed by atoms with van der Waals surface area (Å²) in [5.41, 5.74) is 8.11. The van der Waals surface area contributed by atoms with Crippen molar-refractivity contribution in [1.82, 2.24) is 39.0 Å². The Morgan fingerprint density at radius 1 is 1.04 bits per heavy atom. The highest BCUT2D eigenvalue weighted by Gasteiger charge is 2.65. The molecular formula is C22H28N10O10P2S3. The van der Waals surface area contributed by atoms with Gasteiger partial charge in [0.05, 0.1) is 37.2 Å². The molecule has 7 rings (SSSR count). The van der Waals surface area contributed by atoms with Crippen LogP contribution in [-0.4, -0.2) is 107 Å². The molecular weight excluding hydrogens is 722 g/mol. The maximum absolute atomic E-state index is 12.4. The van der Waals surface area contributed by atoms with E-state index in [0.29, 0.717) is 0 Å². The lowest BCUT2D eigenvalue weighted by Crippen LogP contribution is -2.56. The first kappa shape index (κ1) is 33.3. The number of hydrogen-bond acceptors (Lipinski definition) is 18. The number of nitrogens with zero attached hydrogens (tertiary/aromatic N) is 7. The van der Waals surface area contributed by atoms with Crippen LogP contribution in [0.4, 0.5) is 11.8 Å². The van der Waals surface area contributed by atoms with Crippen molar-refractivity contribution < 1.29 is 42.8 Å². The standard InChI is InChI=1S/C22H28N10O10P2S3/c1-21-4-39-43(36,45)41-12-11(33)8(47-19(12)32-7-28-10-16(32)29-20(24)30-17(10)35)3-38-44(37,46)42-22(21,2)13(34)18(40-21)31-6-27-9-14(23)25-5-26-15(9)31/h5-8,11-13,18-19,33-34H,3-4H2,1-2H3,(H,36,45)(H,37,46)(H2,23,25,26)(H3,24,29,30,35)/t8-,11-,12-,13+,18-,19-,21-,22?,43?,44?/m1/s1. The first-order valence-electron chi connectivity index (χ1n) is 13.7. The van der Waals surface area contributed by atoms with E-state index in [1.807, 2.05) is 0 Å². The molecule has 7 heterocycles. The summed E-state index contributed by atoms with van der Waals surface area (Å²) in [5.74, 6) is -0.0742. The van der Waals surface area contributed by atoms with Crippen LogP contribution >= 0.6 is 25.2 Å². The number of nitrogens with two attached hydrogens (primary N) is 2. The number of thioether (sulfide) groups is 1. The minimum absolute atomic E-state index is 0.0281. The number of hydrogen-bond donors (Lipinski definition) is 7. The van der Waals surface area contributed by atoms with E-state index in [1.54, 1.807) is 0 Å². The molecule has 2 bridgehead atoms. The number of aliphatic hydroxyl groups is 2. The van der Waals surface area contributed by atoms with Crippen LogP contribution in [0.25, 0.3) is 22.3 Å². The second kappa shape index (κ2) is 11.4. The fraction of sp³-hybridized carbons (Fsp3) is 0.545. The SMILES string of the molecule is CC12OP(O)(=S)OC[C@H]3S[C@@H](n4cnc5c(=O)[nH]c(N)nc54)[C@H](OP(O)(=S)OC[C@@]1(C)O[C@@H](n1cnc4c(N)ncnc41)[C@@H]2O)[C@@H]3O. The molecule has 3 saturated heterocycles. The van der Waals surface area contributed by atoms with Crippen molar-refractivity contribution in [3.05, 3.63) is 29.3 Å². The Morgan fingerprint density at radius 2 is 1.77 bits per heavy atom. The molecule has 47 heavy (non-hydrogen) atoms. The van der Waals surface area contributed by atoms with Gasteiger partial charge in [-0.25, -0.2) is 19.9 Å². The van der Waals surface area contributed by atoms with E-state index in [2.05, 4.69) is 29.9 Å². The predicted molar refractivity (Wildman–Crippen MR) is 173 cm³/mol. The molecule has 0 aliphatic carbocycles. The van der Waals surface area contributed by atoms with Crippen LogP contribution < -0.4 is 17.0 Å². The molecule has 3 unspecified atom stereocenters. The molecule has 3 fully saturated rings. The average molecular weight is 751 g/mol. The van der Waals surface area contributed by atoms with Gasteiger partial charge in [0.1, 0.15) is 40.6 Å². The Kier molecular flexibility index (Phi) is 8.09. The number of fused-ring (bicyclic) bond motifs is 5. The lowest BCUT2D eigenvalue weighted by Gasteiger charge is -2.41. The number of aromatic nitrogens is 8. The predicted octanol–water partition coefficient (Wildman–Crippen LogP) is -0.612. The summed E-state index contributed by atoms with van der Waals surface area (Å²) in [5, 5.41) is 21.3. The van der Waals surface area contributed by atoms with E-state index >= 15 is 0 Å². The Labute approximate surface area is 278 Å². The number of rotatable bonds is 2. The van der Waals surface area contributed by atoms with Crippen molar-refractivity contribution in [3.8, 4) is 0 Å². The van der Waals surface area contributed by atoms with Gasteiger partial charge in [0.2, 0.25) is 5.95 Å². The fourth-order valence-corrected chi connectivity index (χ4v) is 10.7. The van der Waals surface area contributed by atoms with Crippen LogP contribution in [0.1, 0.15) is 25.4 Å². The van der Waals surface area contributed by atoms with E-state index < -0.39 is 72.0 Å². The molecule has 0 aromatic carbocycles. The number of H-pyrrole nitrogens is 1. The second-order valence-corrected chi connectivity index (χ2v) is 18.3. The molecule has 4 aromatic heterocycles. The monoisotopic (exact) mass is 750 g/mol. The van der Waals surface area contributed by atoms with E-state index in [-0.39, 0.29) is 40.7 Å². The first-order valence-corrected chi connectivity index (χ1v) is 19.8. The highest BCUT2D eigenvalue weighted by atomic mass is 32.5. The second-order valence-electron chi connectivity index (χ2n) is 11.4. The molecule has 25 heteroatoms. The molecule has 0 radical (unpaired) electrons. The van der Waals surface area contributed by atoms with Gasteiger partial charge in [-0.15, -0.1) is 11.8 Å². The Bertz CT molecular complexity index is 2050. The van der Waals surface area contributed by atoms with Crippen LogP contribution in [0.15, 0.2) is 23.8 Å². The summed E-state index contributed by atoms with van der Waals surface area (Å²) >= 11 is 11.9. The number of nitrogens with one attached hydrogen (secondary N) is 1. The lowest BCUT2D eigenvalue weighted by molar-refractivity contribution is -0.140. The maximum atomic E-state index is 12.4. The van der Waals surface area contributed by atoms with Crippen molar-refractivity contribution in [2.45, 2.75) is 60.2 Å². The van der Waals surface area contributed by atoms with Gasteiger partial charge >= 0.3 is 13.4 Å². The molecule has 0 spiro atoms. The molecule has 20 nitrogen and oxygen atoms in total. The molecule has 0 saturated carbocycles. The largest absolute Gasteiger partial charge is 0.389 e. The molecule has 3 aliphatic heterocycles. The normalized spacial score (nSPS) is 39.8. The first-order chi connectivity index (χ1) is 22.0. The Hall–Kier alpha value is -2.21. The zero-order chi connectivity index (χ0) is 33.7. The van der Waals surface area contributed by atoms with Gasteiger partial charge in [-0.3, -0.25) is 28.0 Å². The van der Waals surface area contributed by atoms with Gasteiger partial charge in [0.25, 0.3) is 5.56 Å².